The van der Waals surface area contributed by atoms with Crippen LogP contribution in [0.25, 0.3) is 0 Å². The van der Waals surface area contributed by atoms with Gasteiger partial charge in [-0.1, -0.05) is 11.8 Å². The van der Waals surface area contributed by atoms with Gasteiger partial charge in [0.25, 0.3) is 0 Å². The first kappa shape index (κ1) is 19.9. The van der Waals surface area contributed by atoms with Gasteiger partial charge in [0, 0.05) is 13.2 Å². The number of aryl methyl sites for hydroxylation is 1. The molecule has 1 N–H and O–H groups in total. The van der Waals surface area contributed by atoms with Crippen molar-refractivity contribution in [3.05, 3.63) is 22.9 Å². The standard InChI is InChI=1S/C16H21N3O4S/c1-5-23-16(21)13-6-12(7-17)15(19-11(13)3)24-9-14(20)18-10(2)8-22-4/h6,10H,5,8-9H2,1-4H3,(H,18,20)/t10-/m1/s1. The highest BCUT2D eigenvalue weighted by Crippen LogP contribution is 2.23. The van der Waals surface area contributed by atoms with Gasteiger partial charge >= 0.3 is 5.97 Å². The van der Waals surface area contributed by atoms with Crippen LogP contribution in [-0.2, 0) is 14.3 Å². The van der Waals surface area contributed by atoms with Crippen molar-refractivity contribution in [2.75, 3.05) is 26.1 Å². The third-order valence-corrected chi connectivity index (χ3v) is 3.95. The van der Waals surface area contributed by atoms with Crippen LogP contribution in [0.5, 0.6) is 0 Å². The predicted molar refractivity (Wildman–Crippen MR) is 89.9 cm³/mol. The fraction of sp³-hybridized carbons (Fsp3) is 0.500. The summed E-state index contributed by atoms with van der Waals surface area (Å²) in [5.74, 6) is -0.572. The molecule has 0 unspecified atom stereocenters. The Hall–Kier alpha value is -2.11. The highest BCUT2D eigenvalue weighted by atomic mass is 32.2. The third kappa shape index (κ3) is 5.83. The highest BCUT2D eigenvalue weighted by molar-refractivity contribution is 8.00. The molecular formula is C16H21N3O4S. The maximum absolute atomic E-state index is 11.9. The van der Waals surface area contributed by atoms with Crippen LogP contribution >= 0.6 is 11.8 Å². The second-order valence-electron chi connectivity index (χ2n) is 5.02. The summed E-state index contributed by atoms with van der Waals surface area (Å²) in [4.78, 5) is 28.0. The molecule has 0 spiro atoms. The van der Waals surface area contributed by atoms with E-state index in [1.54, 1.807) is 21.0 Å². The van der Waals surface area contributed by atoms with Crippen molar-refractivity contribution in [3.63, 3.8) is 0 Å². The SMILES string of the molecule is CCOC(=O)c1cc(C#N)c(SCC(=O)N[C@H](C)COC)nc1C. The van der Waals surface area contributed by atoms with Crippen molar-refractivity contribution >= 4 is 23.6 Å². The van der Waals surface area contributed by atoms with Crippen LogP contribution in [0.3, 0.4) is 0 Å². The molecule has 0 aliphatic heterocycles. The van der Waals surface area contributed by atoms with Crippen molar-refractivity contribution in [2.24, 2.45) is 0 Å². The molecule has 1 aromatic rings. The number of methoxy groups -OCH3 is 1. The largest absolute Gasteiger partial charge is 0.462 e. The number of carbonyl (C=O) groups excluding carboxylic acids is 2. The van der Waals surface area contributed by atoms with Gasteiger partial charge in [-0.15, -0.1) is 0 Å². The van der Waals surface area contributed by atoms with E-state index < -0.39 is 5.97 Å². The molecule has 0 bridgehead atoms. The number of aromatic nitrogens is 1. The van der Waals surface area contributed by atoms with Crippen molar-refractivity contribution < 1.29 is 19.1 Å². The molecule has 0 fully saturated rings. The maximum Gasteiger partial charge on any atom is 0.340 e. The lowest BCUT2D eigenvalue weighted by molar-refractivity contribution is -0.119. The van der Waals surface area contributed by atoms with Crippen LogP contribution in [0, 0.1) is 18.3 Å². The van der Waals surface area contributed by atoms with Gasteiger partial charge in [-0.2, -0.15) is 5.26 Å². The molecule has 8 heteroatoms. The third-order valence-electron chi connectivity index (χ3n) is 2.96. The minimum atomic E-state index is -0.512. The highest BCUT2D eigenvalue weighted by Gasteiger charge is 2.17. The van der Waals surface area contributed by atoms with Crippen LogP contribution < -0.4 is 5.32 Å². The monoisotopic (exact) mass is 351 g/mol. The zero-order valence-electron chi connectivity index (χ0n) is 14.2. The van der Waals surface area contributed by atoms with Crippen LogP contribution in [-0.4, -0.2) is 49.0 Å². The fourth-order valence-corrected chi connectivity index (χ4v) is 2.74. The number of pyridine rings is 1. The summed E-state index contributed by atoms with van der Waals surface area (Å²) in [6.45, 7) is 5.88. The molecule has 1 heterocycles. The lowest BCUT2D eigenvalue weighted by atomic mass is 10.1. The molecule has 1 amide bonds. The summed E-state index contributed by atoms with van der Waals surface area (Å²) in [5.41, 5.74) is 0.963. The molecule has 7 nitrogen and oxygen atoms in total. The van der Waals surface area contributed by atoms with E-state index in [0.717, 1.165) is 11.8 Å². The normalized spacial score (nSPS) is 11.5. The summed E-state index contributed by atoms with van der Waals surface area (Å²) in [5, 5.41) is 12.4. The molecule has 1 aromatic heterocycles. The van der Waals surface area contributed by atoms with E-state index in [0.29, 0.717) is 17.3 Å². The molecule has 24 heavy (non-hydrogen) atoms. The Morgan fingerprint density at radius 1 is 1.50 bits per heavy atom. The van der Waals surface area contributed by atoms with Gasteiger partial charge in [0.2, 0.25) is 5.91 Å². The number of rotatable bonds is 8. The van der Waals surface area contributed by atoms with Gasteiger partial charge in [0.15, 0.2) is 0 Å². The molecule has 0 aromatic carbocycles. The Labute approximate surface area is 145 Å². The second kappa shape index (κ2) is 9.90. The van der Waals surface area contributed by atoms with Gasteiger partial charge in [-0.25, -0.2) is 9.78 Å². The first-order valence-corrected chi connectivity index (χ1v) is 8.41. The summed E-state index contributed by atoms with van der Waals surface area (Å²) in [7, 11) is 1.56. The number of carbonyl (C=O) groups is 2. The predicted octanol–water partition coefficient (Wildman–Crippen LogP) is 1.68. The summed E-state index contributed by atoms with van der Waals surface area (Å²) in [6, 6.07) is 3.36. The van der Waals surface area contributed by atoms with Crippen molar-refractivity contribution in [3.8, 4) is 6.07 Å². The zero-order chi connectivity index (χ0) is 18.1. The summed E-state index contributed by atoms with van der Waals surface area (Å²) in [6.07, 6.45) is 0. The fourth-order valence-electron chi connectivity index (χ4n) is 1.93. The number of hydrogen-bond acceptors (Lipinski definition) is 7. The first-order valence-electron chi connectivity index (χ1n) is 7.42. The van der Waals surface area contributed by atoms with E-state index >= 15 is 0 Å². The number of amides is 1. The van der Waals surface area contributed by atoms with Gasteiger partial charge in [0.1, 0.15) is 11.1 Å². The molecule has 0 saturated carbocycles. The number of ether oxygens (including phenoxy) is 2. The summed E-state index contributed by atoms with van der Waals surface area (Å²) < 4.78 is 9.90. The Bertz CT molecular complexity index is 643. The van der Waals surface area contributed by atoms with Crippen LogP contribution in [0.1, 0.15) is 35.5 Å². The number of hydrogen-bond donors (Lipinski definition) is 1. The average molecular weight is 351 g/mol. The lowest BCUT2D eigenvalue weighted by Gasteiger charge is -2.13. The Balaban J connectivity index is 2.82. The minimum absolute atomic E-state index is 0.0978. The molecule has 0 aliphatic rings. The molecule has 1 rings (SSSR count). The smallest absolute Gasteiger partial charge is 0.340 e. The summed E-state index contributed by atoms with van der Waals surface area (Å²) >= 11 is 1.15. The molecule has 130 valence electrons. The van der Waals surface area contributed by atoms with Crippen LogP contribution in [0.4, 0.5) is 0 Å². The van der Waals surface area contributed by atoms with Gasteiger partial charge in [0.05, 0.1) is 35.8 Å². The van der Waals surface area contributed by atoms with Crippen LogP contribution in [0.2, 0.25) is 0 Å². The van der Waals surface area contributed by atoms with E-state index in [4.69, 9.17) is 9.47 Å². The number of esters is 1. The number of thioether (sulfide) groups is 1. The van der Waals surface area contributed by atoms with Gasteiger partial charge in [-0.3, -0.25) is 4.79 Å². The quantitative estimate of drug-likeness (QED) is 0.561. The number of nitriles is 1. The number of nitrogens with one attached hydrogen (secondary N) is 1. The molecule has 0 radical (unpaired) electrons. The Kier molecular flexibility index (Phi) is 8.22. The van der Waals surface area contributed by atoms with Gasteiger partial charge < -0.3 is 14.8 Å². The minimum Gasteiger partial charge on any atom is -0.462 e. The topological polar surface area (TPSA) is 101 Å². The van der Waals surface area contributed by atoms with Crippen molar-refractivity contribution in [1.82, 2.24) is 10.3 Å². The van der Waals surface area contributed by atoms with E-state index in [1.807, 2.05) is 13.0 Å². The van der Waals surface area contributed by atoms with E-state index in [1.165, 1.54) is 6.07 Å². The number of nitrogens with zero attached hydrogens (tertiary/aromatic N) is 2. The van der Waals surface area contributed by atoms with E-state index in [9.17, 15) is 14.9 Å². The maximum atomic E-state index is 11.9. The van der Waals surface area contributed by atoms with Crippen molar-refractivity contribution in [1.29, 1.82) is 5.26 Å². The van der Waals surface area contributed by atoms with Crippen LogP contribution in [0.15, 0.2) is 11.1 Å². The Morgan fingerprint density at radius 2 is 2.21 bits per heavy atom. The first-order chi connectivity index (χ1) is 11.4. The Morgan fingerprint density at radius 3 is 2.79 bits per heavy atom. The zero-order valence-corrected chi connectivity index (χ0v) is 15.0. The van der Waals surface area contributed by atoms with E-state index in [2.05, 4.69) is 10.3 Å². The lowest BCUT2D eigenvalue weighted by Crippen LogP contribution is -2.36. The van der Waals surface area contributed by atoms with E-state index in [-0.39, 0.29) is 35.4 Å². The molecule has 0 saturated heterocycles. The molecular weight excluding hydrogens is 330 g/mol. The molecule has 0 aliphatic carbocycles. The van der Waals surface area contributed by atoms with Crippen molar-refractivity contribution in [2.45, 2.75) is 31.8 Å². The average Bonchev–Trinajstić information content (AvgIpc) is 2.53. The van der Waals surface area contributed by atoms with Gasteiger partial charge in [-0.05, 0) is 26.8 Å². The molecule has 1 atom stereocenters. The second-order valence-corrected chi connectivity index (χ2v) is 5.98.